The van der Waals surface area contributed by atoms with Gasteiger partial charge in [-0.05, 0) is 31.0 Å². The van der Waals surface area contributed by atoms with E-state index >= 15 is 0 Å². The predicted molar refractivity (Wildman–Crippen MR) is 71.5 cm³/mol. The third kappa shape index (κ3) is 1.70. The number of carbonyl (C=O) groups excluding carboxylic acids is 3. The molecule has 6 heteroatoms. The van der Waals surface area contributed by atoms with Gasteiger partial charge >= 0.3 is 6.03 Å². The minimum absolute atomic E-state index is 0.411. The zero-order valence-corrected chi connectivity index (χ0v) is 11.6. The molecule has 0 radical (unpaired) electrons. The summed E-state index contributed by atoms with van der Waals surface area (Å²) in [6, 6.07) is 6.22. The number of hydrogen-bond donors (Lipinski definition) is 1. The monoisotopic (exact) mass is 322 g/mol. The first-order valence-electron chi connectivity index (χ1n) is 6.00. The van der Waals surface area contributed by atoms with Gasteiger partial charge in [-0.3, -0.25) is 14.9 Å². The zero-order chi connectivity index (χ0) is 13.6. The summed E-state index contributed by atoms with van der Waals surface area (Å²) in [7, 11) is 0. The highest BCUT2D eigenvalue weighted by molar-refractivity contribution is 9.10. The fraction of sp³-hybridized carbons (Fsp3) is 0.308. The third-order valence-corrected chi connectivity index (χ3v) is 4.24. The summed E-state index contributed by atoms with van der Waals surface area (Å²) in [5.41, 5.74) is -0.563. The molecule has 1 saturated heterocycles. The first kappa shape index (κ1) is 12.3. The van der Waals surface area contributed by atoms with Crippen molar-refractivity contribution in [3.05, 3.63) is 28.7 Å². The first-order chi connectivity index (χ1) is 9.04. The number of urea groups is 1. The van der Waals surface area contributed by atoms with E-state index in [0.29, 0.717) is 18.5 Å². The van der Waals surface area contributed by atoms with Crippen molar-refractivity contribution in [3.63, 3.8) is 0 Å². The van der Waals surface area contributed by atoms with E-state index < -0.39 is 23.3 Å². The Hall–Kier alpha value is -1.69. The normalized spacial score (nSPS) is 21.3. The van der Waals surface area contributed by atoms with Crippen LogP contribution in [0.1, 0.15) is 19.3 Å². The largest absolute Gasteiger partial charge is 0.335 e. The van der Waals surface area contributed by atoms with E-state index in [1.807, 2.05) is 0 Å². The van der Waals surface area contributed by atoms with Gasteiger partial charge in [0.15, 0.2) is 0 Å². The second kappa shape index (κ2) is 4.16. The molecule has 19 heavy (non-hydrogen) atoms. The fourth-order valence-corrected chi connectivity index (χ4v) is 2.88. The van der Waals surface area contributed by atoms with Gasteiger partial charge in [0.1, 0.15) is 5.41 Å². The number of nitrogens with zero attached hydrogens (tertiary/aromatic N) is 1. The maximum atomic E-state index is 12.5. The van der Waals surface area contributed by atoms with Gasteiger partial charge in [0.2, 0.25) is 5.91 Å². The van der Waals surface area contributed by atoms with Crippen LogP contribution in [0.2, 0.25) is 0 Å². The minimum Gasteiger partial charge on any atom is -0.276 e. The lowest BCUT2D eigenvalue weighted by Gasteiger charge is -2.44. The van der Waals surface area contributed by atoms with Gasteiger partial charge in [0.25, 0.3) is 5.91 Å². The molecule has 1 aliphatic heterocycles. The average molecular weight is 323 g/mol. The molecule has 1 aliphatic carbocycles. The lowest BCUT2D eigenvalue weighted by molar-refractivity contribution is -0.148. The van der Waals surface area contributed by atoms with Crippen LogP contribution in [0.4, 0.5) is 10.5 Å². The number of carbonyl (C=O) groups is 3. The van der Waals surface area contributed by atoms with Gasteiger partial charge in [-0.25, -0.2) is 9.69 Å². The molecule has 1 aromatic rings. The molecule has 3 rings (SSSR count). The second-order valence-electron chi connectivity index (χ2n) is 4.82. The predicted octanol–water partition coefficient (Wildman–Crippen LogP) is 2.20. The third-order valence-electron chi connectivity index (χ3n) is 3.74. The Balaban J connectivity index is 2.03. The van der Waals surface area contributed by atoms with Gasteiger partial charge in [-0.2, -0.15) is 0 Å². The van der Waals surface area contributed by atoms with Crippen molar-refractivity contribution in [2.24, 2.45) is 5.41 Å². The van der Waals surface area contributed by atoms with Gasteiger partial charge in [0.05, 0.1) is 5.69 Å². The van der Waals surface area contributed by atoms with E-state index in [0.717, 1.165) is 15.8 Å². The molecule has 1 N–H and O–H groups in total. The van der Waals surface area contributed by atoms with Gasteiger partial charge in [-0.1, -0.05) is 28.4 Å². The Morgan fingerprint density at radius 3 is 2.53 bits per heavy atom. The second-order valence-corrected chi connectivity index (χ2v) is 5.73. The van der Waals surface area contributed by atoms with E-state index in [1.165, 1.54) is 0 Å². The summed E-state index contributed by atoms with van der Waals surface area (Å²) in [6.07, 6.45) is 1.85. The molecule has 1 aromatic carbocycles. The quantitative estimate of drug-likeness (QED) is 0.806. The minimum atomic E-state index is -1.03. The summed E-state index contributed by atoms with van der Waals surface area (Å²) in [5, 5.41) is 2.28. The lowest BCUT2D eigenvalue weighted by atomic mass is 9.66. The molecule has 1 saturated carbocycles. The number of barbiturate groups is 1. The molecule has 0 aromatic heterocycles. The molecular weight excluding hydrogens is 312 g/mol. The molecule has 5 nitrogen and oxygen atoms in total. The summed E-state index contributed by atoms with van der Waals surface area (Å²) >= 11 is 3.30. The van der Waals surface area contributed by atoms with Crippen LogP contribution < -0.4 is 10.2 Å². The van der Waals surface area contributed by atoms with Crippen LogP contribution in [-0.4, -0.2) is 17.8 Å². The highest BCUT2D eigenvalue weighted by Gasteiger charge is 2.57. The van der Waals surface area contributed by atoms with Crippen LogP contribution in [0, 0.1) is 5.41 Å². The Morgan fingerprint density at radius 2 is 1.95 bits per heavy atom. The van der Waals surface area contributed by atoms with Crippen molar-refractivity contribution in [2.75, 3.05) is 4.90 Å². The van der Waals surface area contributed by atoms with Crippen LogP contribution in [0.5, 0.6) is 0 Å². The van der Waals surface area contributed by atoms with E-state index in [9.17, 15) is 14.4 Å². The fourth-order valence-electron chi connectivity index (χ4n) is 2.50. The molecule has 0 unspecified atom stereocenters. The molecule has 0 bridgehead atoms. The number of anilines is 1. The highest BCUT2D eigenvalue weighted by Crippen LogP contribution is 2.45. The Labute approximate surface area is 118 Å². The van der Waals surface area contributed by atoms with Crippen molar-refractivity contribution in [1.82, 2.24) is 5.32 Å². The van der Waals surface area contributed by atoms with Crippen molar-refractivity contribution in [2.45, 2.75) is 19.3 Å². The molecule has 0 atom stereocenters. The van der Waals surface area contributed by atoms with Gasteiger partial charge in [-0.15, -0.1) is 0 Å². The molecule has 1 spiro atoms. The van der Waals surface area contributed by atoms with Crippen LogP contribution in [0.15, 0.2) is 28.7 Å². The number of nitrogens with one attached hydrogen (secondary N) is 1. The van der Waals surface area contributed by atoms with Crippen molar-refractivity contribution in [1.29, 1.82) is 0 Å². The van der Waals surface area contributed by atoms with Gasteiger partial charge in [0, 0.05) is 4.47 Å². The lowest BCUT2D eigenvalue weighted by Crippen LogP contribution is -2.66. The number of imide groups is 2. The smallest absolute Gasteiger partial charge is 0.276 e. The average Bonchev–Trinajstić information content (AvgIpc) is 2.26. The molecule has 1 heterocycles. The molecule has 2 aliphatic rings. The van der Waals surface area contributed by atoms with Crippen molar-refractivity contribution in [3.8, 4) is 0 Å². The Morgan fingerprint density at radius 1 is 1.21 bits per heavy atom. The molecule has 2 fully saturated rings. The van der Waals surface area contributed by atoms with Crippen molar-refractivity contribution < 1.29 is 14.4 Å². The summed E-state index contributed by atoms with van der Waals surface area (Å²) in [4.78, 5) is 37.3. The number of amides is 4. The van der Waals surface area contributed by atoms with E-state index in [-0.39, 0.29) is 0 Å². The standard InChI is InChI=1S/C13H11BrN2O3/c14-8-3-1-4-9(7-8)16-11(18)13(5-2-6-13)10(17)15-12(16)19/h1,3-4,7H,2,5-6H2,(H,15,17,19). The van der Waals surface area contributed by atoms with Crippen LogP contribution in [0.3, 0.4) is 0 Å². The van der Waals surface area contributed by atoms with Crippen LogP contribution >= 0.6 is 15.9 Å². The summed E-state index contributed by atoms with van der Waals surface area (Å²) in [5.74, 6) is -0.870. The molecule has 4 amide bonds. The van der Waals surface area contributed by atoms with E-state index in [4.69, 9.17) is 0 Å². The zero-order valence-electron chi connectivity index (χ0n) is 9.98. The maximum Gasteiger partial charge on any atom is 0.335 e. The Kier molecular flexibility index (Phi) is 2.70. The van der Waals surface area contributed by atoms with E-state index in [2.05, 4.69) is 21.2 Å². The van der Waals surface area contributed by atoms with Crippen LogP contribution in [0.25, 0.3) is 0 Å². The van der Waals surface area contributed by atoms with E-state index in [1.54, 1.807) is 24.3 Å². The first-order valence-corrected chi connectivity index (χ1v) is 6.79. The number of hydrogen-bond acceptors (Lipinski definition) is 3. The topological polar surface area (TPSA) is 66.5 Å². The highest BCUT2D eigenvalue weighted by atomic mass is 79.9. The molecular formula is C13H11BrN2O3. The maximum absolute atomic E-state index is 12.5. The SMILES string of the molecule is O=C1NC(=O)C2(CCC2)C(=O)N1c1cccc(Br)c1. The summed E-state index contributed by atoms with van der Waals surface area (Å²) in [6.45, 7) is 0. The number of halogens is 1. The summed E-state index contributed by atoms with van der Waals surface area (Å²) < 4.78 is 0.769. The van der Waals surface area contributed by atoms with Crippen LogP contribution in [-0.2, 0) is 9.59 Å². The van der Waals surface area contributed by atoms with Gasteiger partial charge < -0.3 is 0 Å². The Bertz CT molecular complexity index is 595. The number of rotatable bonds is 1. The number of benzene rings is 1. The molecule has 98 valence electrons. The van der Waals surface area contributed by atoms with Crippen molar-refractivity contribution >= 4 is 39.5 Å².